The molecule has 5 nitrogen and oxygen atoms in total. The molecule has 3 aromatic carbocycles. The van der Waals surface area contributed by atoms with E-state index in [2.05, 4.69) is 4.72 Å². The smallest absolute Gasteiger partial charge is 0.261 e. The molecule has 0 aliphatic heterocycles. The molecule has 0 saturated carbocycles. The number of amides is 1. The Morgan fingerprint density at radius 3 is 2.10 bits per heavy atom. The van der Waals surface area contributed by atoms with Crippen LogP contribution < -0.4 is 4.72 Å². The van der Waals surface area contributed by atoms with E-state index in [1.807, 2.05) is 63.2 Å². The summed E-state index contributed by atoms with van der Waals surface area (Å²) in [7, 11) is -3.74. The number of para-hydroxylation sites is 1. The predicted octanol–water partition coefficient (Wildman–Crippen LogP) is 4.85. The van der Waals surface area contributed by atoms with Crippen molar-refractivity contribution in [2.24, 2.45) is 0 Å². The summed E-state index contributed by atoms with van der Waals surface area (Å²) in [6.07, 6.45) is 0. The Morgan fingerprint density at radius 1 is 0.900 bits per heavy atom. The Morgan fingerprint density at radius 2 is 1.50 bits per heavy atom. The first kappa shape index (κ1) is 21.6. The Hall–Kier alpha value is -3.12. The topological polar surface area (TPSA) is 66.5 Å². The van der Waals surface area contributed by atoms with E-state index in [1.165, 1.54) is 12.1 Å². The molecule has 6 heteroatoms. The molecule has 3 rings (SSSR count). The molecule has 3 aromatic rings. The minimum Gasteiger partial charge on any atom is -0.332 e. The van der Waals surface area contributed by atoms with Gasteiger partial charge < -0.3 is 4.90 Å². The van der Waals surface area contributed by atoms with Crippen molar-refractivity contribution in [2.75, 3.05) is 4.72 Å². The normalized spacial score (nSPS) is 11.3. The van der Waals surface area contributed by atoms with E-state index in [4.69, 9.17) is 0 Å². The van der Waals surface area contributed by atoms with Crippen LogP contribution >= 0.6 is 0 Å². The van der Waals surface area contributed by atoms with Gasteiger partial charge in [-0.05, 0) is 62.2 Å². The van der Waals surface area contributed by atoms with Crippen LogP contribution in [0.15, 0.2) is 83.8 Å². The number of sulfonamides is 1. The van der Waals surface area contributed by atoms with Crippen molar-refractivity contribution in [3.05, 3.63) is 95.6 Å². The molecule has 0 aliphatic carbocycles. The molecule has 1 N–H and O–H groups in total. The summed E-state index contributed by atoms with van der Waals surface area (Å²) < 4.78 is 28.0. The lowest BCUT2D eigenvalue weighted by atomic mass is 10.1. The fourth-order valence-corrected chi connectivity index (χ4v) is 4.23. The average Bonchev–Trinajstić information content (AvgIpc) is 2.74. The highest BCUT2D eigenvalue weighted by Gasteiger charge is 2.21. The van der Waals surface area contributed by atoms with Crippen molar-refractivity contribution >= 4 is 21.6 Å². The maximum Gasteiger partial charge on any atom is 0.261 e. The third kappa shape index (κ3) is 5.07. The van der Waals surface area contributed by atoms with E-state index in [1.54, 1.807) is 29.2 Å². The number of carbonyl (C=O) groups is 1. The van der Waals surface area contributed by atoms with Crippen LogP contribution in [-0.2, 0) is 16.6 Å². The first-order chi connectivity index (χ1) is 14.3. The molecule has 0 unspecified atom stereocenters. The molecular formula is C24H26N2O3S. The van der Waals surface area contributed by atoms with Crippen molar-refractivity contribution in [1.82, 2.24) is 4.90 Å². The van der Waals surface area contributed by atoms with Gasteiger partial charge in [0, 0.05) is 18.2 Å². The monoisotopic (exact) mass is 422 g/mol. The molecule has 0 spiro atoms. The van der Waals surface area contributed by atoms with Crippen LogP contribution in [0.4, 0.5) is 5.69 Å². The SMILES string of the molecule is Cc1ccccc1NS(=O)(=O)c1ccc(C(=O)N(Cc2ccccc2)C(C)C)cc1. The van der Waals surface area contributed by atoms with Gasteiger partial charge in [0.25, 0.3) is 15.9 Å². The highest BCUT2D eigenvalue weighted by molar-refractivity contribution is 7.92. The molecule has 0 saturated heterocycles. The lowest BCUT2D eigenvalue weighted by molar-refractivity contribution is 0.0690. The number of carbonyl (C=O) groups excluding carboxylic acids is 1. The van der Waals surface area contributed by atoms with Gasteiger partial charge in [0.1, 0.15) is 0 Å². The second-order valence-electron chi connectivity index (χ2n) is 7.46. The van der Waals surface area contributed by atoms with Crippen LogP contribution in [-0.4, -0.2) is 25.3 Å². The van der Waals surface area contributed by atoms with Crippen molar-refractivity contribution < 1.29 is 13.2 Å². The fourth-order valence-electron chi connectivity index (χ4n) is 3.10. The van der Waals surface area contributed by atoms with Crippen LogP contribution in [0.3, 0.4) is 0 Å². The summed E-state index contributed by atoms with van der Waals surface area (Å²) in [6.45, 7) is 6.26. The molecule has 1 amide bonds. The molecular weight excluding hydrogens is 396 g/mol. The second-order valence-corrected chi connectivity index (χ2v) is 9.14. The molecule has 0 heterocycles. The molecule has 0 radical (unpaired) electrons. The number of benzene rings is 3. The van der Waals surface area contributed by atoms with Crippen molar-refractivity contribution in [3.63, 3.8) is 0 Å². The molecule has 0 fully saturated rings. The third-order valence-electron chi connectivity index (χ3n) is 4.88. The van der Waals surface area contributed by atoms with Gasteiger partial charge >= 0.3 is 0 Å². The Kier molecular flexibility index (Phi) is 6.57. The number of nitrogens with zero attached hydrogens (tertiary/aromatic N) is 1. The van der Waals surface area contributed by atoms with E-state index in [0.717, 1.165) is 11.1 Å². The largest absolute Gasteiger partial charge is 0.332 e. The van der Waals surface area contributed by atoms with E-state index in [9.17, 15) is 13.2 Å². The standard InChI is InChI=1S/C24H26N2O3S/c1-18(2)26(17-20-10-5-4-6-11-20)24(27)21-13-15-22(16-14-21)30(28,29)25-23-12-8-7-9-19(23)3/h4-16,18,25H,17H2,1-3H3. The lowest BCUT2D eigenvalue weighted by Crippen LogP contribution is -2.36. The predicted molar refractivity (Wildman–Crippen MR) is 120 cm³/mol. The van der Waals surface area contributed by atoms with Gasteiger partial charge in [-0.15, -0.1) is 0 Å². The summed E-state index contributed by atoms with van der Waals surface area (Å²) in [4.78, 5) is 14.9. The molecule has 0 atom stereocenters. The molecule has 156 valence electrons. The Bertz CT molecular complexity index is 1110. The fraction of sp³-hybridized carbons (Fsp3) is 0.208. The van der Waals surface area contributed by atoms with Crippen molar-refractivity contribution in [2.45, 2.75) is 38.3 Å². The van der Waals surface area contributed by atoms with Crippen LogP contribution in [0.2, 0.25) is 0 Å². The third-order valence-corrected chi connectivity index (χ3v) is 6.26. The van der Waals surface area contributed by atoms with Gasteiger partial charge in [0.2, 0.25) is 0 Å². The maximum atomic E-state index is 13.0. The first-order valence-electron chi connectivity index (χ1n) is 9.81. The van der Waals surface area contributed by atoms with Gasteiger partial charge in [0.15, 0.2) is 0 Å². The van der Waals surface area contributed by atoms with E-state index < -0.39 is 10.0 Å². The van der Waals surface area contributed by atoms with E-state index in [-0.39, 0.29) is 16.8 Å². The van der Waals surface area contributed by atoms with Crippen LogP contribution in [0.5, 0.6) is 0 Å². The lowest BCUT2D eigenvalue weighted by Gasteiger charge is -2.27. The Balaban J connectivity index is 1.79. The average molecular weight is 423 g/mol. The molecule has 0 aromatic heterocycles. The second kappa shape index (κ2) is 9.13. The van der Waals surface area contributed by atoms with Crippen LogP contribution in [0, 0.1) is 6.92 Å². The van der Waals surface area contributed by atoms with Crippen molar-refractivity contribution in [3.8, 4) is 0 Å². The minimum absolute atomic E-state index is 0.00355. The van der Waals surface area contributed by atoms with Gasteiger partial charge in [-0.2, -0.15) is 0 Å². The highest BCUT2D eigenvalue weighted by atomic mass is 32.2. The first-order valence-corrected chi connectivity index (χ1v) is 11.3. The molecule has 0 aliphatic rings. The summed E-state index contributed by atoms with van der Waals surface area (Å²) in [6, 6.07) is 23.0. The summed E-state index contributed by atoms with van der Waals surface area (Å²) in [5.41, 5.74) is 2.86. The van der Waals surface area contributed by atoms with Crippen LogP contribution in [0.1, 0.15) is 35.3 Å². The van der Waals surface area contributed by atoms with Gasteiger partial charge in [-0.25, -0.2) is 8.42 Å². The van der Waals surface area contributed by atoms with Gasteiger partial charge in [0.05, 0.1) is 10.6 Å². The van der Waals surface area contributed by atoms with Crippen LogP contribution in [0.25, 0.3) is 0 Å². The number of anilines is 1. The summed E-state index contributed by atoms with van der Waals surface area (Å²) in [5.74, 6) is -0.135. The molecule has 0 bridgehead atoms. The number of rotatable bonds is 7. The van der Waals surface area contributed by atoms with Gasteiger partial charge in [-0.3, -0.25) is 9.52 Å². The number of hydrogen-bond acceptors (Lipinski definition) is 3. The quantitative estimate of drug-likeness (QED) is 0.592. The number of nitrogens with one attached hydrogen (secondary N) is 1. The number of aryl methyl sites for hydroxylation is 1. The highest BCUT2D eigenvalue weighted by Crippen LogP contribution is 2.21. The van der Waals surface area contributed by atoms with Crippen molar-refractivity contribution in [1.29, 1.82) is 0 Å². The maximum absolute atomic E-state index is 13.0. The van der Waals surface area contributed by atoms with E-state index >= 15 is 0 Å². The Labute approximate surface area is 178 Å². The van der Waals surface area contributed by atoms with Gasteiger partial charge in [-0.1, -0.05) is 48.5 Å². The van der Waals surface area contributed by atoms with E-state index in [0.29, 0.717) is 17.8 Å². The summed E-state index contributed by atoms with van der Waals surface area (Å²) >= 11 is 0. The zero-order chi connectivity index (χ0) is 21.7. The minimum atomic E-state index is -3.74. The zero-order valence-electron chi connectivity index (χ0n) is 17.4. The molecule has 30 heavy (non-hydrogen) atoms. The zero-order valence-corrected chi connectivity index (χ0v) is 18.2. The summed E-state index contributed by atoms with van der Waals surface area (Å²) in [5, 5.41) is 0. The number of hydrogen-bond donors (Lipinski definition) is 1.